The van der Waals surface area contributed by atoms with Gasteiger partial charge in [0, 0.05) is 0 Å². The minimum atomic E-state index is -4.75. The Bertz CT molecular complexity index is 743. The van der Waals surface area contributed by atoms with Crippen LogP contribution in [0, 0.1) is 13.8 Å². The molecule has 0 aliphatic heterocycles. The molecule has 0 nitrogen and oxygen atoms in total. The van der Waals surface area contributed by atoms with E-state index in [0.717, 1.165) is 12.1 Å². The minimum absolute atomic E-state index is 0.141. The van der Waals surface area contributed by atoms with Crippen molar-refractivity contribution in [1.29, 1.82) is 0 Å². The van der Waals surface area contributed by atoms with E-state index in [0.29, 0.717) is 11.6 Å². The molecule has 0 unspecified atom stereocenters. The molecule has 0 fully saturated rings. The molecule has 0 aliphatic rings. The number of benzene rings is 2. The van der Waals surface area contributed by atoms with E-state index in [4.69, 9.17) is 11.6 Å². The summed E-state index contributed by atoms with van der Waals surface area (Å²) in [6.07, 6.45) is -9.42. The monoisotopic (exact) mass is 352 g/mol. The molecule has 2 aromatic carbocycles. The highest BCUT2D eigenvalue weighted by Gasteiger charge is 2.36. The summed E-state index contributed by atoms with van der Waals surface area (Å²) in [4.78, 5) is 0. The third-order valence-corrected chi connectivity index (χ3v) is 3.70. The van der Waals surface area contributed by atoms with Crippen molar-refractivity contribution in [2.24, 2.45) is 0 Å². The predicted molar refractivity (Wildman–Crippen MR) is 76.4 cm³/mol. The fourth-order valence-electron chi connectivity index (χ4n) is 2.31. The van der Waals surface area contributed by atoms with Crippen LogP contribution in [0.4, 0.5) is 26.3 Å². The van der Waals surface area contributed by atoms with Gasteiger partial charge in [0.05, 0.1) is 16.1 Å². The van der Waals surface area contributed by atoms with Crippen LogP contribution in [0.1, 0.15) is 22.3 Å². The molecule has 2 rings (SSSR count). The highest BCUT2D eigenvalue weighted by Crippen LogP contribution is 2.42. The maximum atomic E-state index is 13.2. The predicted octanol–water partition coefficient (Wildman–Crippen LogP) is 6.66. The minimum Gasteiger partial charge on any atom is -0.166 e. The van der Waals surface area contributed by atoms with Crippen LogP contribution in [-0.2, 0) is 12.4 Å². The Balaban J connectivity index is 2.80. The molecule has 2 aromatic rings. The van der Waals surface area contributed by atoms with Crippen molar-refractivity contribution in [3.63, 3.8) is 0 Å². The van der Waals surface area contributed by atoms with Gasteiger partial charge in [-0.15, -0.1) is 0 Å². The topological polar surface area (TPSA) is 0 Å². The van der Waals surface area contributed by atoms with Gasteiger partial charge >= 0.3 is 12.4 Å². The summed E-state index contributed by atoms with van der Waals surface area (Å²) in [6.45, 7) is 2.99. The second-order valence-corrected chi connectivity index (χ2v) is 5.60. The van der Waals surface area contributed by atoms with Crippen molar-refractivity contribution in [2.45, 2.75) is 26.2 Å². The zero-order valence-electron chi connectivity index (χ0n) is 12.0. The number of halogens is 7. The number of hydrogen-bond donors (Lipinski definition) is 0. The third-order valence-electron chi connectivity index (χ3n) is 3.39. The maximum Gasteiger partial charge on any atom is 0.417 e. The molecule has 7 heteroatoms. The van der Waals surface area contributed by atoms with Crippen molar-refractivity contribution in [3.8, 4) is 11.1 Å². The summed E-state index contributed by atoms with van der Waals surface area (Å²) in [5.74, 6) is 0. The largest absolute Gasteiger partial charge is 0.417 e. The normalized spacial score (nSPS) is 12.6. The Hall–Kier alpha value is -1.69. The van der Waals surface area contributed by atoms with Crippen LogP contribution in [0.15, 0.2) is 30.3 Å². The summed E-state index contributed by atoms with van der Waals surface area (Å²) in [6, 6.07) is 5.05. The van der Waals surface area contributed by atoms with E-state index in [2.05, 4.69) is 0 Å². The average Bonchev–Trinajstić information content (AvgIpc) is 2.35. The molecule has 0 heterocycles. The lowest BCUT2D eigenvalue weighted by molar-refractivity contribution is -0.137. The maximum absolute atomic E-state index is 13.2. The molecule has 23 heavy (non-hydrogen) atoms. The Kier molecular flexibility index (Phi) is 4.41. The first-order chi connectivity index (χ1) is 10.4. The van der Waals surface area contributed by atoms with E-state index < -0.39 is 28.5 Å². The Labute approximate surface area is 133 Å². The molecule has 0 amide bonds. The lowest BCUT2D eigenvalue weighted by Gasteiger charge is -2.18. The molecule has 0 saturated heterocycles. The molecule has 0 aromatic heterocycles. The van der Waals surface area contributed by atoms with Gasteiger partial charge in [-0.3, -0.25) is 0 Å². The van der Waals surface area contributed by atoms with Gasteiger partial charge in [-0.1, -0.05) is 29.3 Å². The van der Waals surface area contributed by atoms with E-state index in [-0.39, 0.29) is 16.7 Å². The molecule has 124 valence electrons. The van der Waals surface area contributed by atoms with E-state index in [1.807, 2.05) is 0 Å². The van der Waals surface area contributed by atoms with Crippen molar-refractivity contribution >= 4 is 11.6 Å². The number of alkyl halides is 6. The van der Waals surface area contributed by atoms with Crippen LogP contribution in [0.2, 0.25) is 5.02 Å². The van der Waals surface area contributed by atoms with E-state index >= 15 is 0 Å². The molecule has 0 spiro atoms. The third kappa shape index (κ3) is 3.63. The highest BCUT2D eigenvalue weighted by atomic mass is 35.5. The van der Waals surface area contributed by atoms with Gasteiger partial charge in [0.25, 0.3) is 0 Å². The SMILES string of the molecule is Cc1ccc(C(F)(F)F)c(-c2cc(C(F)(F)F)c(Cl)cc2C)c1. The van der Waals surface area contributed by atoms with Gasteiger partial charge in [-0.05, 0) is 48.7 Å². The fourth-order valence-corrected chi connectivity index (χ4v) is 2.63. The Morgan fingerprint density at radius 1 is 0.739 bits per heavy atom. The lowest BCUT2D eigenvalue weighted by atomic mass is 9.92. The summed E-state index contributed by atoms with van der Waals surface area (Å²) >= 11 is 5.59. The zero-order chi connectivity index (χ0) is 17.6. The van der Waals surface area contributed by atoms with Gasteiger partial charge in [0.2, 0.25) is 0 Å². The first-order valence-electron chi connectivity index (χ1n) is 6.47. The average molecular weight is 353 g/mol. The van der Waals surface area contributed by atoms with Gasteiger partial charge in [-0.2, -0.15) is 26.3 Å². The standard InChI is InChI=1S/C16H11ClF6/c1-8-3-4-12(15(18,19)20)11(5-8)10-7-13(16(21,22)23)14(17)6-9(10)2/h3-7H,1-2H3. The fraction of sp³-hybridized carbons (Fsp3) is 0.250. The Morgan fingerprint density at radius 3 is 1.83 bits per heavy atom. The van der Waals surface area contributed by atoms with Crippen LogP contribution in [0.5, 0.6) is 0 Å². The second kappa shape index (κ2) is 5.74. The summed E-state index contributed by atoms with van der Waals surface area (Å²) in [7, 11) is 0. The summed E-state index contributed by atoms with van der Waals surface area (Å²) < 4.78 is 78.4. The molecule has 0 N–H and O–H groups in total. The summed E-state index contributed by atoms with van der Waals surface area (Å²) in [5.41, 5.74) is -1.83. The highest BCUT2D eigenvalue weighted by molar-refractivity contribution is 6.31. The quantitative estimate of drug-likeness (QED) is 0.503. The molecule has 0 bridgehead atoms. The Morgan fingerprint density at radius 2 is 1.30 bits per heavy atom. The zero-order valence-corrected chi connectivity index (χ0v) is 12.8. The molecule has 0 radical (unpaired) electrons. The van der Waals surface area contributed by atoms with Crippen molar-refractivity contribution in [2.75, 3.05) is 0 Å². The van der Waals surface area contributed by atoms with Gasteiger partial charge in [0.15, 0.2) is 0 Å². The summed E-state index contributed by atoms with van der Waals surface area (Å²) in [5, 5.41) is -0.542. The van der Waals surface area contributed by atoms with E-state index in [1.54, 1.807) is 6.92 Å². The molecule has 0 atom stereocenters. The van der Waals surface area contributed by atoms with Crippen LogP contribution in [0.25, 0.3) is 11.1 Å². The molecule has 0 saturated carbocycles. The van der Waals surface area contributed by atoms with Crippen LogP contribution in [-0.4, -0.2) is 0 Å². The van der Waals surface area contributed by atoms with Gasteiger partial charge < -0.3 is 0 Å². The second-order valence-electron chi connectivity index (χ2n) is 5.19. The van der Waals surface area contributed by atoms with Crippen LogP contribution >= 0.6 is 11.6 Å². The van der Waals surface area contributed by atoms with Crippen LogP contribution < -0.4 is 0 Å². The first-order valence-corrected chi connectivity index (χ1v) is 6.84. The lowest BCUT2D eigenvalue weighted by Crippen LogP contribution is -2.10. The number of hydrogen-bond acceptors (Lipinski definition) is 0. The van der Waals surface area contributed by atoms with Gasteiger partial charge in [-0.25, -0.2) is 0 Å². The van der Waals surface area contributed by atoms with Gasteiger partial charge in [0.1, 0.15) is 0 Å². The van der Waals surface area contributed by atoms with E-state index in [9.17, 15) is 26.3 Å². The van der Waals surface area contributed by atoms with Crippen LogP contribution in [0.3, 0.4) is 0 Å². The molecular formula is C16H11ClF6. The van der Waals surface area contributed by atoms with Crippen molar-refractivity contribution in [3.05, 3.63) is 57.6 Å². The number of aryl methyl sites for hydroxylation is 2. The molecular weight excluding hydrogens is 342 g/mol. The van der Waals surface area contributed by atoms with Crippen molar-refractivity contribution < 1.29 is 26.3 Å². The van der Waals surface area contributed by atoms with E-state index in [1.165, 1.54) is 19.1 Å². The first kappa shape index (κ1) is 17.7. The molecule has 0 aliphatic carbocycles. The van der Waals surface area contributed by atoms with Crippen molar-refractivity contribution in [1.82, 2.24) is 0 Å². The number of rotatable bonds is 1. The smallest absolute Gasteiger partial charge is 0.166 e.